The van der Waals surface area contributed by atoms with Crippen molar-refractivity contribution in [3.8, 4) is 5.75 Å². The summed E-state index contributed by atoms with van der Waals surface area (Å²) in [7, 11) is 0. The van der Waals surface area contributed by atoms with E-state index >= 15 is 0 Å². The zero-order valence-electron chi connectivity index (χ0n) is 19.6. The van der Waals surface area contributed by atoms with Gasteiger partial charge in [0.1, 0.15) is 12.4 Å². The molecule has 2 amide bonds. The Hall–Kier alpha value is -3.84. The van der Waals surface area contributed by atoms with Crippen molar-refractivity contribution in [1.29, 1.82) is 0 Å². The van der Waals surface area contributed by atoms with Crippen LogP contribution in [0.3, 0.4) is 0 Å². The van der Waals surface area contributed by atoms with Crippen LogP contribution in [0.4, 0.5) is 17.1 Å². The molecule has 7 heteroatoms. The van der Waals surface area contributed by atoms with Gasteiger partial charge in [-0.1, -0.05) is 36.4 Å². The molecule has 0 spiro atoms. The van der Waals surface area contributed by atoms with Gasteiger partial charge >= 0.3 is 0 Å². The second-order valence-corrected chi connectivity index (χ2v) is 7.41. The number of hydrogen-bond donors (Lipinski definition) is 2. The normalized spacial score (nSPS) is 10.4. The number of ether oxygens (including phenoxy) is 2. The number of para-hydroxylation sites is 3. The Balaban J connectivity index is 1.59. The maximum atomic E-state index is 13.1. The zero-order valence-corrected chi connectivity index (χ0v) is 19.6. The lowest BCUT2D eigenvalue weighted by Crippen LogP contribution is -2.30. The first kappa shape index (κ1) is 24.8. The third-order valence-corrected chi connectivity index (χ3v) is 5.04. The number of anilines is 3. The van der Waals surface area contributed by atoms with Gasteiger partial charge in [-0.3, -0.25) is 9.59 Å². The molecule has 0 aliphatic rings. The fourth-order valence-electron chi connectivity index (χ4n) is 3.40. The van der Waals surface area contributed by atoms with Crippen molar-refractivity contribution in [2.45, 2.75) is 13.8 Å². The van der Waals surface area contributed by atoms with Crippen molar-refractivity contribution in [3.05, 3.63) is 84.4 Å². The van der Waals surface area contributed by atoms with Crippen LogP contribution >= 0.6 is 0 Å². The minimum Gasteiger partial charge on any atom is -0.489 e. The molecular formula is C27H31N3O4. The van der Waals surface area contributed by atoms with E-state index in [0.29, 0.717) is 49.1 Å². The molecule has 3 rings (SSSR count). The molecule has 0 radical (unpaired) electrons. The maximum Gasteiger partial charge on any atom is 0.258 e. The fraction of sp³-hybridized carbons (Fsp3) is 0.259. The zero-order chi connectivity index (χ0) is 24.2. The van der Waals surface area contributed by atoms with E-state index in [1.54, 1.807) is 35.2 Å². The summed E-state index contributed by atoms with van der Waals surface area (Å²) in [5, 5.41) is 5.96. The monoisotopic (exact) mass is 461 g/mol. The second kappa shape index (κ2) is 13.0. The molecule has 34 heavy (non-hydrogen) atoms. The van der Waals surface area contributed by atoms with Crippen molar-refractivity contribution < 1.29 is 19.1 Å². The van der Waals surface area contributed by atoms with Gasteiger partial charge in [0.05, 0.1) is 18.8 Å². The van der Waals surface area contributed by atoms with Crippen molar-refractivity contribution in [2.75, 3.05) is 48.4 Å². The van der Waals surface area contributed by atoms with E-state index in [9.17, 15) is 9.59 Å². The Morgan fingerprint density at radius 1 is 0.882 bits per heavy atom. The van der Waals surface area contributed by atoms with Gasteiger partial charge in [0.25, 0.3) is 5.91 Å². The maximum absolute atomic E-state index is 13.1. The molecule has 0 heterocycles. The van der Waals surface area contributed by atoms with Gasteiger partial charge in [0.2, 0.25) is 5.91 Å². The Labute approximate surface area is 200 Å². The number of hydrogen-bond acceptors (Lipinski definition) is 5. The predicted molar refractivity (Wildman–Crippen MR) is 136 cm³/mol. The van der Waals surface area contributed by atoms with Crippen LogP contribution in [0.2, 0.25) is 0 Å². The number of nitrogens with zero attached hydrogens (tertiary/aromatic N) is 1. The van der Waals surface area contributed by atoms with Crippen molar-refractivity contribution in [2.24, 2.45) is 0 Å². The molecule has 0 saturated carbocycles. The Morgan fingerprint density at radius 3 is 2.41 bits per heavy atom. The minimum atomic E-state index is -0.225. The third kappa shape index (κ3) is 7.08. The van der Waals surface area contributed by atoms with Gasteiger partial charge in [-0.05, 0) is 56.3 Å². The molecule has 178 valence electrons. The number of carbonyl (C=O) groups is 2. The second-order valence-electron chi connectivity index (χ2n) is 7.41. The van der Waals surface area contributed by atoms with Crippen LogP contribution in [0.15, 0.2) is 78.9 Å². The molecule has 3 aromatic carbocycles. The van der Waals surface area contributed by atoms with Crippen molar-refractivity contribution in [1.82, 2.24) is 0 Å². The number of benzene rings is 3. The standard InChI is InChI=1S/C27H31N3O4/c1-3-30(23-13-6-5-7-14-23)27(32)21-11-10-12-22(19-21)28-20-26(31)29-24-15-8-9-16-25(24)34-18-17-33-4-2/h5-16,19,28H,3-4,17-18,20H2,1-2H3,(H,29,31). The van der Waals surface area contributed by atoms with E-state index in [4.69, 9.17) is 9.47 Å². The predicted octanol–water partition coefficient (Wildman–Crippen LogP) is 4.82. The number of carbonyl (C=O) groups excluding carboxylic acids is 2. The SMILES string of the molecule is CCOCCOc1ccccc1NC(=O)CNc1cccc(C(=O)N(CC)c2ccccc2)c1. The summed E-state index contributed by atoms with van der Waals surface area (Å²) in [5.74, 6) is 0.265. The van der Waals surface area contributed by atoms with Gasteiger partial charge in [0.15, 0.2) is 0 Å². The highest BCUT2D eigenvalue weighted by atomic mass is 16.5. The summed E-state index contributed by atoms with van der Waals surface area (Å²) in [6, 6.07) is 24.0. The summed E-state index contributed by atoms with van der Waals surface area (Å²) < 4.78 is 11.0. The molecule has 0 aliphatic heterocycles. The lowest BCUT2D eigenvalue weighted by Gasteiger charge is -2.21. The summed E-state index contributed by atoms with van der Waals surface area (Å²) >= 11 is 0. The van der Waals surface area contributed by atoms with Crippen LogP contribution in [0, 0.1) is 0 Å². The molecule has 2 N–H and O–H groups in total. The quantitative estimate of drug-likeness (QED) is 0.378. The molecule has 0 aliphatic carbocycles. The first-order chi connectivity index (χ1) is 16.6. The van der Waals surface area contributed by atoms with E-state index < -0.39 is 0 Å². The summed E-state index contributed by atoms with van der Waals surface area (Å²) in [5.41, 5.74) is 2.67. The van der Waals surface area contributed by atoms with Crippen LogP contribution in [0.5, 0.6) is 5.75 Å². The summed E-state index contributed by atoms with van der Waals surface area (Å²) in [6.07, 6.45) is 0. The van der Waals surface area contributed by atoms with Crippen LogP contribution in [0.1, 0.15) is 24.2 Å². The molecule has 0 atom stereocenters. The average Bonchev–Trinajstić information content (AvgIpc) is 2.87. The highest BCUT2D eigenvalue weighted by molar-refractivity contribution is 6.06. The third-order valence-electron chi connectivity index (χ3n) is 5.04. The molecule has 0 saturated heterocycles. The van der Waals surface area contributed by atoms with E-state index in [2.05, 4.69) is 10.6 Å². The van der Waals surface area contributed by atoms with Gasteiger partial charge < -0.3 is 25.0 Å². The lowest BCUT2D eigenvalue weighted by molar-refractivity contribution is -0.114. The minimum absolute atomic E-state index is 0.0428. The van der Waals surface area contributed by atoms with Crippen LogP contribution in [0.25, 0.3) is 0 Å². The van der Waals surface area contributed by atoms with Crippen molar-refractivity contribution in [3.63, 3.8) is 0 Å². The number of rotatable bonds is 12. The Kier molecular flexibility index (Phi) is 9.49. The Morgan fingerprint density at radius 2 is 1.65 bits per heavy atom. The highest BCUT2D eigenvalue weighted by Gasteiger charge is 2.16. The Bertz CT molecular complexity index is 1070. The van der Waals surface area contributed by atoms with E-state index in [1.165, 1.54) is 0 Å². The molecular weight excluding hydrogens is 430 g/mol. The first-order valence-electron chi connectivity index (χ1n) is 11.4. The average molecular weight is 462 g/mol. The van der Waals surface area contributed by atoms with Crippen molar-refractivity contribution >= 4 is 28.9 Å². The molecule has 0 unspecified atom stereocenters. The number of amides is 2. The van der Waals surface area contributed by atoms with Gasteiger partial charge in [-0.25, -0.2) is 0 Å². The molecule has 3 aromatic rings. The van der Waals surface area contributed by atoms with Crippen LogP contribution in [-0.2, 0) is 9.53 Å². The van der Waals surface area contributed by atoms with E-state index in [-0.39, 0.29) is 18.4 Å². The van der Waals surface area contributed by atoms with Gasteiger partial charge in [-0.2, -0.15) is 0 Å². The lowest BCUT2D eigenvalue weighted by atomic mass is 10.1. The summed E-state index contributed by atoms with van der Waals surface area (Å²) in [4.78, 5) is 27.3. The van der Waals surface area contributed by atoms with Crippen LogP contribution in [-0.4, -0.2) is 44.7 Å². The van der Waals surface area contributed by atoms with Gasteiger partial charge in [0, 0.05) is 30.1 Å². The first-order valence-corrected chi connectivity index (χ1v) is 11.4. The van der Waals surface area contributed by atoms with Crippen LogP contribution < -0.4 is 20.3 Å². The molecule has 0 bridgehead atoms. The highest BCUT2D eigenvalue weighted by Crippen LogP contribution is 2.24. The van der Waals surface area contributed by atoms with E-state index in [1.807, 2.05) is 62.4 Å². The van der Waals surface area contributed by atoms with E-state index in [0.717, 1.165) is 5.69 Å². The topological polar surface area (TPSA) is 79.9 Å². The molecule has 0 aromatic heterocycles. The molecule has 7 nitrogen and oxygen atoms in total. The largest absolute Gasteiger partial charge is 0.489 e. The summed E-state index contributed by atoms with van der Waals surface area (Å²) in [6.45, 7) is 5.97. The fourth-order valence-corrected chi connectivity index (χ4v) is 3.40. The number of nitrogens with one attached hydrogen (secondary N) is 2. The molecule has 0 fully saturated rings. The smallest absolute Gasteiger partial charge is 0.258 e. The van der Waals surface area contributed by atoms with Gasteiger partial charge in [-0.15, -0.1) is 0 Å².